The Morgan fingerprint density at radius 3 is 2.59 bits per heavy atom. The van der Waals surface area contributed by atoms with Gasteiger partial charge in [0.2, 0.25) is 0 Å². The highest BCUT2D eigenvalue weighted by molar-refractivity contribution is 6.31. The molecule has 3 N–H and O–H groups in total. The van der Waals surface area contributed by atoms with Gasteiger partial charge in [-0.15, -0.1) is 0 Å². The minimum absolute atomic E-state index is 0.0755. The number of hydrogen-bond donors (Lipinski definition) is 2. The van der Waals surface area contributed by atoms with E-state index in [0.29, 0.717) is 31.6 Å². The van der Waals surface area contributed by atoms with Gasteiger partial charge in [-0.3, -0.25) is 0 Å². The summed E-state index contributed by atoms with van der Waals surface area (Å²) in [4.78, 5) is 2.03. The van der Waals surface area contributed by atoms with Crippen molar-refractivity contribution in [3.63, 3.8) is 0 Å². The Balaban J connectivity index is 2.21. The molecule has 0 unspecified atom stereocenters. The molecule has 94 valence electrons. The summed E-state index contributed by atoms with van der Waals surface area (Å²) in [5.41, 5.74) is 6.30. The first-order chi connectivity index (χ1) is 7.89. The number of nitrogens with zero attached hydrogens (tertiary/aromatic N) is 1. The molecular formula is C12H16ClFN2O. The molecule has 1 fully saturated rings. The summed E-state index contributed by atoms with van der Waals surface area (Å²) in [5, 5.41) is 9.94. The molecule has 3 nitrogen and oxygen atoms in total. The van der Waals surface area contributed by atoms with E-state index >= 15 is 0 Å². The number of anilines is 2. The second-order valence-electron chi connectivity index (χ2n) is 4.81. The van der Waals surface area contributed by atoms with Gasteiger partial charge < -0.3 is 15.7 Å². The summed E-state index contributed by atoms with van der Waals surface area (Å²) in [5.74, 6) is -0.503. The van der Waals surface area contributed by atoms with E-state index in [0.717, 1.165) is 5.69 Å². The van der Waals surface area contributed by atoms with E-state index in [1.54, 1.807) is 6.07 Å². The second kappa shape index (κ2) is 4.35. The van der Waals surface area contributed by atoms with E-state index in [2.05, 4.69) is 0 Å². The fourth-order valence-corrected chi connectivity index (χ4v) is 2.21. The fourth-order valence-electron chi connectivity index (χ4n) is 2.05. The molecule has 0 aromatic heterocycles. The zero-order chi connectivity index (χ0) is 12.6. The van der Waals surface area contributed by atoms with E-state index in [9.17, 15) is 9.50 Å². The molecule has 17 heavy (non-hydrogen) atoms. The van der Waals surface area contributed by atoms with Gasteiger partial charge in [-0.25, -0.2) is 4.39 Å². The summed E-state index contributed by atoms with van der Waals surface area (Å²) >= 11 is 5.75. The number of piperidine rings is 1. The number of rotatable bonds is 1. The van der Waals surface area contributed by atoms with Crippen LogP contribution in [0.5, 0.6) is 0 Å². The predicted octanol–water partition coefficient (Wildman–Crippen LogP) is 2.41. The standard InChI is InChI=1S/C12H16ClFN2O/c1-12(17)2-4-16(5-3-12)11-6-8(13)9(14)7-10(11)15/h6-7,17H,2-5,15H2,1H3. The van der Waals surface area contributed by atoms with Gasteiger partial charge in [0.1, 0.15) is 5.82 Å². The number of nitrogens with two attached hydrogens (primary N) is 1. The van der Waals surface area contributed by atoms with Gasteiger partial charge in [0.05, 0.1) is 22.0 Å². The number of halogens is 2. The number of benzene rings is 1. The van der Waals surface area contributed by atoms with E-state index in [-0.39, 0.29) is 5.02 Å². The molecule has 2 rings (SSSR count). The molecule has 1 aromatic rings. The highest BCUT2D eigenvalue weighted by Crippen LogP contribution is 2.33. The molecule has 0 saturated carbocycles. The first-order valence-corrected chi connectivity index (χ1v) is 5.99. The Morgan fingerprint density at radius 1 is 1.41 bits per heavy atom. The predicted molar refractivity (Wildman–Crippen MR) is 67.9 cm³/mol. The van der Waals surface area contributed by atoms with Crippen LogP contribution in [-0.2, 0) is 0 Å². The average Bonchev–Trinajstić information content (AvgIpc) is 2.24. The monoisotopic (exact) mass is 258 g/mol. The van der Waals surface area contributed by atoms with E-state index in [1.807, 2.05) is 11.8 Å². The lowest BCUT2D eigenvalue weighted by Gasteiger charge is -2.37. The van der Waals surface area contributed by atoms with Gasteiger partial charge >= 0.3 is 0 Å². The summed E-state index contributed by atoms with van der Waals surface area (Å²) < 4.78 is 13.2. The first kappa shape index (κ1) is 12.5. The molecular weight excluding hydrogens is 243 g/mol. The van der Waals surface area contributed by atoms with Crippen LogP contribution < -0.4 is 10.6 Å². The van der Waals surface area contributed by atoms with Gasteiger partial charge in [0.25, 0.3) is 0 Å². The molecule has 1 heterocycles. The summed E-state index contributed by atoms with van der Waals surface area (Å²) in [6.45, 7) is 3.21. The average molecular weight is 259 g/mol. The topological polar surface area (TPSA) is 49.5 Å². The Labute approximate surface area is 105 Å². The van der Waals surface area contributed by atoms with Crippen LogP contribution >= 0.6 is 11.6 Å². The van der Waals surface area contributed by atoms with Crippen LogP contribution in [0.2, 0.25) is 5.02 Å². The van der Waals surface area contributed by atoms with Crippen LogP contribution in [0.3, 0.4) is 0 Å². The molecule has 0 aliphatic carbocycles. The Bertz CT molecular complexity index is 427. The van der Waals surface area contributed by atoms with Crippen molar-refractivity contribution in [2.45, 2.75) is 25.4 Å². The minimum atomic E-state index is -0.616. The highest BCUT2D eigenvalue weighted by atomic mass is 35.5. The lowest BCUT2D eigenvalue weighted by atomic mass is 9.93. The quantitative estimate of drug-likeness (QED) is 0.761. The molecule has 1 saturated heterocycles. The Kier molecular flexibility index (Phi) is 3.19. The van der Waals surface area contributed by atoms with Crippen molar-refractivity contribution in [1.82, 2.24) is 0 Å². The van der Waals surface area contributed by atoms with Crippen molar-refractivity contribution in [2.24, 2.45) is 0 Å². The third-order valence-electron chi connectivity index (χ3n) is 3.25. The number of aliphatic hydroxyl groups is 1. The van der Waals surface area contributed by atoms with E-state index < -0.39 is 11.4 Å². The van der Waals surface area contributed by atoms with E-state index in [1.165, 1.54) is 6.07 Å². The van der Waals surface area contributed by atoms with E-state index in [4.69, 9.17) is 17.3 Å². The normalized spacial score (nSPS) is 19.4. The maximum atomic E-state index is 13.2. The molecule has 1 aromatic carbocycles. The second-order valence-corrected chi connectivity index (χ2v) is 5.22. The van der Waals surface area contributed by atoms with Crippen LogP contribution in [0.1, 0.15) is 19.8 Å². The fraction of sp³-hybridized carbons (Fsp3) is 0.500. The Morgan fingerprint density at radius 2 is 2.00 bits per heavy atom. The van der Waals surface area contributed by atoms with Gasteiger partial charge in [0, 0.05) is 19.2 Å². The smallest absolute Gasteiger partial charge is 0.143 e. The van der Waals surface area contributed by atoms with Crippen molar-refractivity contribution in [1.29, 1.82) is 0 Å². The van der Waals surface area contributed by atoms with Crippen molar-refractivity contribution < 1.29 is 9.50 Å². The lowest BCUT2D eigenvalue weighted by Crippen LogP contribution is -2.42. The molecule has 1 aliphatic heterocycles. The molecule has 1 aliphatic rings. The number of hydrogen-bond acceptors (Lipinski definition) is 3. The summed E-state index contributed by atoms with van der Waals surface area (Å²) in [6.07, 6.45) is 1.34. The third kappa shape index (κ3) is 2.64. The molecule has 0 bridgehead atoms. The van der Waals surface area contributed by atoms with Gasteiger partial charge in [0.15, 0.2) is 0 Å². The SMILES string of the molecule is CC1(O)CCN(c2cc(Cl)c(F)cc2N)CC1. The highest BCUT2D eigenvalue weighted by Gasteiger charge is 2.28. The van der Waals surface area contributed by atoms with Crippen LogP contribution in [0.4, 0.5) is 15.8 Å². The largest absolute Gasteiger partial charge is 0.397 e. The maximum absolute atomic E-state index is 13.2. The van der Waals surface area contributed by atoms with Crippen LogP contribution in [0.15, 0.2) is 12.1 Å². The van der Waals surface area contributed by atoms with Crippen molar-refractivity contribution in [3.05, 3.63) is 23.0 Å². The number of nitrogen functional groups attached to an aromatic ring is 1. The van der Waals surface area contributed by atoms with Gasteiger partial charge in [-0.05, 0) is 25.8 Å². The molecule has 0 spiro atoms. The van der Waals surface area contributed by atoms with Gasteiger partial charge in [-0.2, -0.15) is 0 Å². The molecule has 0 radical (unpaired) electrons. The molecule has 0 amide bonds. The molecule has 5 heteroatoms. The van der Waals surface area contributed by atoms with Crippen molar-refractivity contribution in [2.75, 3.05) is 23.7 Å². The van der Waals surface area contributed by atoms with Crippen molar-refractivity contribution in [3.8, 4) is 0 Å². The van der Waals surface area contributed by atoms with Gasteiger partial charge in [-0.1, -0.05) is 11.6 Å². The third-order valence-corrected chi connectivity index (χ3v) is 3.54. The minimum Gasteiger partial charge on any atom is -0.397 e. The summed E-state index contributed by atoms with van der Waals surface area (Å²) in [6, 6.07) is 2.79. The van der Waals surface area contributed by atoms with Crippen molar-refractivity contribution >= 4 is 23.0 Å². The molecule has 0 atom stereocenters. The zero-order valence-corrected chi connectivity index (χ0v) is 10.5. The summed E-state index contributed by atoms with van der Waals surface area (Å²) in [7, 11) is 0. The Hall–Kier alpha value is -1.00. The van der Waals surface area contributed by atoms with Crippen LogP contribution in [0, 0.1) is 5.82 Å². The zero-order valence-electron chi connectivity index (χ0n) is 9.71. The van der Waals surface area contributed by atoms with Crippen LogP contribution in [-0.4, -0.2) is 23.8 Å². The maximum Gasteiger partial charge on any atom is 0.143 e. The lowest BCUT2D eigenvalue weighted by molar-refractivity contribution is 0.0351. The van der Waals surface area contributed by atoms with Crippen LogP contribution in [0.25, 0.3) is 0 Å². The first-order valence-electron chi connectivity index (χ1n) is 5.61.